The lowest BCUT2D eigenvalue weighted by Crippen LogP contribution is -2.32. The van der Waals surface area contributed by atoms with Crippen LogP contribution in [-0.4, -0.2) is 63.8 Å². The highest BCUT2D eigenvalue weighted by Crippen LogP contribution is 2.34. The third-order valence-corrected chi connectivity index (χ3v) is 8.49. The van der Waals surface area contributed by atoms with Crippen molar-refractivity contribution in [3.8, 4) is 5.75 Å². The third-order valence-electron chi connectivity index (χ3n) is 6.95. The third kappa shape index (κ3) is 6.47. The number of aromatic nitrogens is 1. The topological polar surface area (TPSA) is 87.2 Å². The Morgan fingerprint density at radius 3 is 2.61 bits per heavy atom. The first-order chi connectivity index (χ1) is 18.6. The summed E-state index contributed by atoms with van der Waals surface area (Å²) in [5.41, 5.74) is 2.83. The van der Waals surface area contributed by atoms with Crippen LogP contribution in [0, 0.1) is 0 Å². The summed E-state index contributed by atoms with van der Waals surface area (Å²) in [4.78, 5) is 18.8. The van der Waals surface area contributed by atoms with Gasteiger partial charge in [-0.05, 0) is 42.7 Å². The molecule has 0 bridgehead atoms. The molecule has 4 unspecified atom stereocenters. The summed E-state index contributed by atoms with van der Waals surface area (Å²) in [6.07, 6.45) is 2.74. The molecule has 0 saturated carbocycles. The van der Waals surface area contributed by atoms with E-state index >= 15 is 0 Å². The van der Waals surface area contributed by atoms with Gasteiger partial charge in [-0.2, -0.15) is 0 Å². The van der Waals surface area contributed by atoms with Gasteiger partial charge in [-0.3, -0.25) is 4.98 Å². The van der Waals surface area contributed by atoms with Gasteiger partial charge in [-0.25, -0.2) is 4.79 Å². The summed E-state index contributed by atoms with van der Waals surface area (Å²) >= 11 is -1.18. The molecule has 4 atom stereocenters. The Morgan fingerprint density at radius 2 is 1.82 bits per heavy atom. The zero-order chi connectivity index (χ0) is 26.3. The number of nitrogens with zero attached hydrogens (tertiary/aromatic N) is 3. The lowest BCUT2D eigenvalue weighted by molar-refractivity contribution is 0.0338. The molecule has 5 rings (SSSR count). The number of ether oxygens (including phenoxy) is 3. The predicted octanol–water partition coefficient (Wildman–Crippen LogP) is 4.50. The molecule has 200 valence electrons. The van der Waals surface area contributed by atoms with Crippen LogP contribution in [0.25, 0.3) is 0 Å². The Hall–Kier alpha value is -3.11. The van der Waals surface area contributed by atoms with Crippen molar-refractivity contribution >= 4 is 17.5 Å². The van der Waals surface area contributed by atoms with E-state index in [1.807, 2.05) is 77.1 Å². The minimum Gasteiger partial charge on any atom is -0.598 e. The van der Waals surface area contributed by atoms with Gasteiger partial charge in [0.2, 0.25) is 0 Å². The van der Waals surface area contributed by atoms with E-state index in [0.29, 0.717) is 24.6 Å². The van der Waals surface area contributed by atoms with Crippen molar-refractivity contribution in [1.82, 2.24) is 14.2 Å². The van der Waals surface area contributed by atoms with E-state index in [0.717, 1.165) is 36.2 Å². The first-order valence-electron chi connectivity index (χ1n) is 12.9. The molecule has 1 amide bonds. The molecule has 2 fully saturated rings. The number of likely N-dealkylation sites (tertiary alicyclic amines) is 1. The van der Waals surface area contributed by atoms with Crippen molar-refractivity contribution in [3.63, 3.8) is 0 Å². The maximum Gasteiger partial charge on any atom is 0.410 e. The average molecular weight is 536 g/mol. The van der Waals surface area contributed by atoms with Gasteiger partial charge in [-0.1, -0.05) is 48.5 Å². The number of carbonyl (C=O) groups is 1. The quantitative estimate of drug-likeness (QED) is 0.373. The molecule has 2 aromatic carbocycles. The number of amides is 1. The Kier molecular flexibility index (Phi) is 8.80. The highest BCUT2D eigenvalue weighted by atomic mass is 32.2. The summed E-state index contributed by atoms with van der Waals surface area (Å²) in [6, 6.07) is 23.2. The predicted molar refractivity (Wildman–Crippen MR) is 145 cm³/mol. The second-order valence-electron chi connectivity index (χ2n) is 9.54. The van der Waals surface area contributed by atoms with Crippen LogP contribution in [0.3, 0.4) is 0 Å². The first-order valence-corrected chi connectivity index (χ1v) is 14.2. The molecule has 2 aliphatic rings. The number of pyridine rings is 1. The van der Waals surface area contributed by atoms with Crippen molar-refractivity contribution in [2.75, 3.05) is 26.7 Å². The summed E-state index contributed by atoms with van der Waals surface area (Å²) < 4.78 is 32.7. The van der Waals surface area contributed by atoms with E-state index < -0.39 is 11.4 Å². The molecule has 2 saturated heterocycles. The normalized spacial score (nSPS) is 22.4. The molecule has 8 nitrogen and oxygen atoms in total. The van der Waals surface area contributed by atoms with Gasteiger partial charge in [0.15, 0.2) is 5.75 Å². The van der Waals surface area contributed by atoms with E-state index in [9.17, 15) is 9.35 Å². The smallest absolute Gasteiger partial charge is 0.410 e. The van der Waals surface area contributed by atoms with Crippen LogP contribution in [0.4, 0.5) is 4.79 Å². The molecule has 38 heavy (non-hydrogen) atoms. The summed E-state index contributed by atoms with van der Waals surface area (Å²) in [7, 11) is 1.62. The van der Waals surface area contributed by atoms with Crippen LogP contribution in [-0.2, 0) is 33.2 Å². The molecule has 9 heteroatoms. The second-order valence-corrected chi connectivity index (χ2v) is 10.9. The van der Waals surface area contributed by atoms with Gasteiger partial charge < -0.3 is 23.7 Å². The fourth-order valence-electron chi connectivity index (χ4n) is 5.00. The van der Waals surface area contributed by atoms with Gasteiger partial charge in [0.1, 0.15) is 24.6 Å². The SMILES string of the molecule is COC1CN(C(=O)OCc2ccccc2)CC1Oc1cccc(C[S+]([O-])N2CCCC2c2ccccn2)c1. The Bertz CT molecular complexity index is 1190. The van der Waals surface area contributed by atoms with E-state index in [1.165, 1.54) is 0 Å². The number of benzene rings is 2. The molecular formula is C29H33N3O5S. The van der Waals surface area contributed by atoms with Crippen molar-refractivity contribution in [1.29, 1.82) is 0 Å². The Balaban J connectivity index is 1.18. The van der Waals surface area contributed by atoms with E-state index in [2.05, 4.69) is 4.98 Å². The first kappa shape index (κ1) is 26.5. The van der Waals surface area contributed by atoms with Crippen LogP contribution in [0.5, 0.6) is 5.75 Å². The maximum absolute atomic E-state index is 13.3. The van der Waals surface area contributed by atoms with Gasteiger partial charge in [0, 0.05) is 36.8 Å². The summed E-state index contributed by atoms with van der Waals surface area (Å²) in [6.45, 7) is 1.76. The van der Waals surface area contributed by atoms with E-state index in [1.54, 1.807) is 18.2 Å². The van der Waals surface area contributed by atoms with Crippen molar-refractivity contribution in [2.24, 2.45) is 0 Å². The summed E-state index contributed by atoms with van der Waals surface area (Å²) in [5, 5.41) is 0. The van der Waals surface area contributed by atoms with Crippen LogP contribution in [0.2, 0.25) is 0 Å². The molecule has 1 aromatic heterocycles. The number of rotatable bonds is 9. The number of methoxy groups -OCH3 is 1. The van der Waals surface area contributed by atoms with Crippen LogP contribution in [0.1, 0.15) is 35.7 Å². The lowest BCUT2D eigenvalue weighted by Gasteiger charge is -2.26. The zero-order valence-corrected chi connectivity index (χ0v) is 22.3. The maximum atomic E-state index is 13.3. The number of carbonyl (C=O) groups excluding carboxylic acids is 1. The van der Waals surface area contributed by atoms with E-state index in [-0.39, 0.29) is 30.9 Å². The zero-order valence-electron chi connectivity index (χ0n) is 21.5. The monoisotopic (exact) mass is 535 g/mol. The van der Waals surface area contributed by atoms with Crippen LogP contribution in [0.15, 0.2) is 79.0 Å². The average Bonchev–Trinajstić information content (AvgIpc) is 3.61. The molecule has 0 spiro atoms. The minimum atomic E-state index is -1.18. The van der Waals surface area contributed by atoms with Crippen LogP contribution >= 0.6 is 0 Å². The Labute approximate surface area is 226 Å². The molecule has 0 N–H and O–H groups in total. The molecule has 3 heterocycles. The second kappa shape index (κ2) is 12.6. The Morgan fingerprint density at radius 1 is 1.03 bits per heavy atom. The van der Waals surface area contributed by atoms with Gasteiger partial charge >= 0.3 is 6.09 Å². The molecule has 0 radical (unpaired) electrons. The van der Waals surface area contributed by atoms with Crippen molar-refractivity contribution in [3.05, 3.63) is 95.8 Å². The number of hydrogen-bond donors (Lipinski definition) is 0. The fraction of sp³-hybridized carbons (Fsp3) is 0.379. The van der Waals surface area contributed by atoms with Crippen LogP contribution < -0.4 is 4.74 Å². The standard InChI is InChI=1S/C29H33N3O5S/c1-35-27-18-31(29(33)36-20-22-9-3-2-4-10-22)19-28(27)37-24-12-7-11-23(17-24)21-38(34)32-16-8-14-26(32)25-13-5-6-15-30-25/h2-7,9-13,15,17,26-28H,8,14,16,18-21H2,1H3. The number of hydrogen-bond acceptors (Lipinski definition) is 7. The van der Waals surface area contributed by atoms with E-state index in [4.69, 9.17) is 14.2 Å². The molecule has 2 aliphatic heterocycles. The fourth-order valence-corrected chi connectivity index (χ4v) is 6.47. The van der Waals surface area contributed by atoms with Gasteiger partial charge in [-0.15, -0.1) is 4.31 Å². The largest absolute Gasteiger partial charge is 0.598 e. The summed E-state index contributed by atoms with van der Waals surface area (Å²) in [5.74, 6) is 1.06. The van der Waals surface area contributed by atoms with Gasteiger partial charge in [0.05, 0.1) is 24.8 Å². The molecule has 3 aromatic rings. The van der Waals surface area contributed by atoms with Gasteiger partial charge in [0.25, 0.3) is 0 Å². The lowest BCUT2D eigenvalue weighted by atomic mass is 10.1. The highest BCUT2D eigenvalue weighted by Gasteiger charge is 2.38. The van der Waals surface area contributed by atoms with Crippen molar-refractivity contribution < 1.29 is 23.6 Å². The molecule has 0 aliphatic carbocycles. The minimum absolute atomic E-state index is 0.0741. The highest BCUT2D eigenvalue weighted by molar-refractivity contribution is 7.88. The molecular weight excluding hydrogens is 502 g/mol. The van der Waals surface area contributed by atoms with Crippen molar-refractivity contribution in [2.45, 2.75) is 43.5 Å².